The number of amides is 6. The first-order valence-corrected chi connectivity index (χ1v) is 46.7. The van der Waals surface area contributed by atoms with Crippen LogP contribution in [0, 0.1) is 0 Å². The zero-order chi connectivity index (χ0) is 101. The van der Waals surface area contributed by atoms with Crippen molar-refractivity contribution in [3.63, 3.8) is 0 Å². The first-order valence-electron chi connectivity index (χ1n) is 46.7. The zero-order valence-electron chi connectivity index (χ0n) is 78.7. The number of aliphatic hydroxyl groups is 24. The van der Waals surface area contributed by atoms with Crippen LogP contribution in [0.1, 0.15) is 214 Å². The summed E-state index contributed by atoms with van der Waals surface area (Å²) in [4.78, 5) is 77.6. The summed E-state index contributed by atoms with van der Waals surface area (Å²) in [5.41, 5.74) is 16.5. The second-order valence-corrected chi connectivity index (χ2v) is 34.4. The molecule has 0 radical (unpaired) electrons. The molecule has 0 aliphatic carbocycles. The summed E-state index contributed by atoms with van der Waals surface area (Å²) >= 11 is 0. The smallest absolute Gasteiger partial charge is 0.251 e. The molecule has 133 heavy (non-hydrogen) atoms. The van der Waals surface area contributed by atoms with Crippen molar-refractivity contribution in [1.29, 1.82) is 0 Å². The Bertz CT molecular complexity index is 3150. The third-order valence-electron chi connectivity index (χ3n) is 23.0. The fourth-order valence-corrected chi connectivity index (χ4v) is 14.1. The molecule has 3 heterocycles. The summed E-state index contributed by atoms with van der Waals surface area (Å²) in [6, 6.07) is 0. The number of rotatable bonds is 66. The average Bonchev–Trinajstić information content (AvgIpc) is 0.785. The van der Waals surface area contributed by atoms with E-state index in [2.05, 4.69) is 53.8 Å². The van der Waals surface area contributed by atoms with Crippen LogP contribution in [0.5, 0.6) is 0 Å². The Kier molecular flexibility index (Phi) is 68.7. The van der Waals surface area contributed by atoms with Gasteiger partial charge >= 0.3 is 0 Å². The third-order valence-corrected chi connectivity index (χ3v) is 23.0. The topological polar surface area (TPSA) is 802 Å². The van der Waals surface area contributed by atoms with E-state index < -0.39 is 221 Å². The largest absolute Gasteiger partial charge is 0.394 e. The molecule has 27 atom stereocenters. The summed E-state index contributed by atoms with van der Waals surface area (Å²) < 4.78 is 32.1. The van der Waals surface area contributed by atoms with Gasteiger partial charge in [0.2, 0.25) is 17.7 Å². The highest BCUT2D eigenvalue weighted by Gasteiger charge is 2.56. The molecular formula is C87H178N10O36. The van der Waals surface area contributed by atoms with Crippen molar-refractivity contribution in [2.75, 3.05) is 118 Å². The van der Waals surface area contributed by atoms with Gasteiger partial charge in [0.25, 0.3) is 17.7 Å². The fourth-order valence-electron chi connectivity index (χ4n) is 14.1. The van der Waals surface area contributed by atoms with E-state index in [0.29, 0.717) is 31.4 Å². The number of allylic oxidation sites excluding steroid dienone is 2. The van der Waals surface area contributed by atoms with Gasteiger partial charge in [-0.1, -0.05) is 122 Å². The Balaban J connectivity index is -0.000000617. The van der Waals surface area contributed by atoms with Gasteiger partial charge in [-0.05, 0) is 111 Å². The lowest BCUT2D eigenvalue weighted by atomic mass is 9.89. The van der Waals surface area contributed by atoms with E-state index in [9.17, 15) is 151 Å². The van der Waals surface area contributed by atoms with Crippen LogP contribution in [0.15, 0.2) is 24.3 Å². The minimum atomic E-state index is -2.25. The van der Waals surface area contributed by atoms with Crippen LogP contribution in [0.4, 0.5) is 0 Å². The number of hydrogen-bond donors (Lipinski definition) is 32. The van der Waals surface area contributed by atoms with Crippen molar-refractivity contribution in [3.8, 4) is 0 Å². The predicted molar refractivity (Wildman–Crippen MR) is 490 cm³/mol. The van der Waals surface area contributed by atoms with Crippen molar-refractivity contribution in [2.24, 2.45) is 22.9 Å². The number of hydrogen-bond acceptors (Lipinski definition) is 40. The summed E-state index contributed by atoms with van der Waals surface area (Å²) in [5.74, 6) is -3.93. The SMILES string of the molecule is C=C(CCCCCCC)C(=O)N(CCNC(C)=O)CCNC(=O)C(O)C(O)C(O[C@@H]1OC(C)(CO)[C@H](O)[C@H](O)C1O)C(O)CO.CC1(CO)O[C@@H](OC(C(O)CO)C(O)C(O)C(=O)NCCCCCN)C(O)[C@@H](O)[C@H]1O.CCCCCCCC/C=C/CCCCCCCC(=O)N(CCN)CCNC(=O)C(O)C(O)C(O[C@@H]1OC(C)(CO)[C@H](O)[C@H](O)C1O)C(O)CO.NCCCCCN.[2HH].[HH].[HH].[HH]. The van der Waals surface area contributed by atoms with Crippen LogP contribution in [-0.4, -0.2) is 450 Å². The molecule has 36 N–H and O–H groups in total. The standard InChI is InChI=1S/C35H67N3O12.C29H53N3O13.C18H36N2O11.C5H14N2.4H2/c1-3-4-5-6-7-8-9-10-11-12-13-14-15-16-17-18-26(42)38(21-19-36)22-20-37-33(48)29(45)27(43)31(25(41)23-39)49-34-30(46)28(44)32(47)35(2,24-40)50-34;1-5-6-7-8-9-10-17(2)27(43)32(13-11-30-18(3)35)14-12-31-26(42)22(39)20(37)24(19(36)15-33)44-28-23(40)21(38)25(41)29(4,16-34)45-28;1-18(8-22)15(28)11(25)13(27)17(31-18)30-14(9(23)7-21)10(24)12(26)16(29)20-6-4-2-3-5-19;6-4-2-1-3-5-7;;;;/h10-11,25,27-32,34,39-41,43-47H,3-9,12-24,36H2,1-2H3,(H,37,48);19-25,28,33-34,36-41H,2,5-16H2,1,3-4H3,(H,30,35)(H,31,42);9-15,17,21-28H,2-8,19H2,1H3,(H,20,29);1-7H2;4*1H/b11-10+;;;;;;;/t25?,27?,28-,29?,30?,31?,32-,34-,35?;19?,20?,21-,22?,23?,24?,25-,28-,29?;9?,10?,11-,12?,13?,14?,15-,17-,18?;;;;;/m111...../s1/i;;;;1+1;;;. The molecule has 792 valence electrons. The second kappa shape index (κ2) is 71.4. The van der Waals surface area contributed by atoms with Gasteiger partial charge in [0.05, 0.1) is 39.6 Å². The molecule has 0 spiro atoms. The van der Waals surface area contributed by atoms with Gasteiger partial charge in [-0.25, -0.2) is 0 Å². The molecular weight excluding hydrogens is 1760 g/mol. The van der Waals surface area contributed by atoms with Crippen molar-refractivity contribution >= 4 is 35.4 Å². The summed E-state index contributed by atoms with van der Waals surface area (Å²) in [6.07, 6.45) is -15.4. The summed E-state index contributed by atoms with van der Waals surface area (Å²) in [5, 5.41) is 252. The number of nitrogens with zero attached hydrogens (tertiary/aromatic N) is 2. The maximum atomic E-state index is 13.0. The molecule has 3 aliphatic rings. The van der Waals surface area contributed by atoms with Crippen LogP contribution in [0.25, 0.3) is 0 Å². The lowest BCUT2D eigenvalue weighted by Crippen LogP contribution is -2.66. The van der Waals surface area contributed by atoms with E-state index >= 15 is 0 Å². The Hall–Kier alpha value is -5.06. The molecule has 0 aromatic rings. The molecule has 46 heteroatoms. The molecule has 0 bridgehead atoms. The normalized spacial score (nSPS) is 26.3. The molecule has 3 fully saturated rings. The van der Waals surface area contributed by atoms with Gasteiger partial charge in [0.1, 0.15) is 127 Å². The van der Waals surface area contributed by atoms with Crippen LogP contribution < -0.4 is 44.2 Å². The van der Waals surface area contributed by atoms with E-state index in [1.807, 2.05) is 0 Å². The lowest BCUT2D eigenvalue weighted by molar-refractivity contribution is -0.353. The van der Waals surface area contributed by atoms with E-state index in [4.69, 9.17) is 51.4 Å². The fraction of sp³-hybridized carbons (Fsp3) is 0.885. The Morgan fingerprint density at radius 3 is 1.01 bits per heavy atom. The van der Waals surface area contributed by atoms with Crippen LogP contribution in [-0.2, 0) is 57.2 Å². The highest BCUT2D eigenvalue weighted by atomic mass is 16.7. The lowest BCUT2D eigenvalue weighted by Gasteiger charge is -2.47. The highest BCUT2D eigenvalue weighted by molar-refractivity contribution is 5.93. The van der Waals surface area contributed by atoms with Crippen molar-refractivity contribution in [1.82, 2.24) is 31.1 Å². The number of nitrogens with one attached hydrogen (secondary N) is 4. The number of carbonyl (C=O) groups excluding carboxylic acids is 6. The van der Waals surface area contributed by atoms with Gasteiger partial charge < -0.3 is 205 Å². The van der Waals surface area contributed by atoms with Gasteiger partial charge in [0, 0.05) is 83.5 Å². The second-order valence-electron chi connectivity index (χ2n) is 34.4. The minimum Gasteiger partial charge on any atom is -0.394 e. The maximum Gasteiger partial charge on any atom is 0.251 e. The number of carbonyl (C=O) groups is 6. The molecule has 3 aliphatic heterocycles. The molecule has 6 amide bonds. The number of nitrogens with two attached hydrogens (primary N) is 4. The quantitative estimate of drug-likeness (QED) is 0.0153. The average molecular weight is 1940 g/mol. The molecule has 46 nitrogen and oxygen atoms in total. The van der Waals surface area contributed by atoms with Crippen molar-refractivity contribution in [3.05, 3.63) is 24.3 Å². The zero-order valence-corrected chi connectivity index (χ0v) is 78.7. The highest BCUT2D eigenvalue weighted by Crippen LogP contribution is 2.36. The van der Waals surface area contributed by atoms with Crippen LogP contribution >= 0.6 is 0 Å². The van der Waals surface area contributed by atoms with E-state index in [1.165, 1.54) is 82.4 Å². The molecule has 18 unspecified atom stereocenters. The van der Waals surface area contributed by atoms with E-state index in [-0.39, 0.29) is 82.3 Å². The van der Waals surface area contributed by atoms with Gasteiger partial charge in [-0.3, -0.25) is 28.8 Å². The number of aliphatic hydroxyl groups excluding tert-OH is 24. The Morgan fingerprint density at radius 2 is 0.692 bits per heavy atom. The van der Waals surface area contributed by atoms with Gasteiger partial charge in [-0.15, -0.1) is 0 Å². The first-order chi connectivity index (χ1) is 63.0. The number of unbranched alkanes of at least 4 members (excludes halogenated alkanes) is 19. The van der Waals surface area contributed by atoms with Gasteiger partial charge in [0.15, 0.2) is 37.2 Å². The van der Waals surface area contributed by atoms with Crippen molar-refractivity contribution < 1.29 is 185 Å². The summed E-state index contributed by atoms with van der Waals surface area (Å²) in [6.45, 7) is 10.7. The molecule has 3 rings (SSSR count). The maximum absolute atomic E-state index is 13.0. The summed E-state index contributed by atoms with van der Waals surface area (Å²) in [7, 11) is 0. The predicted octanol–water partition coefficient (Wildman–Crippen LogP) is -7.85. The molecule has 0 aromatic heterocycles. The molecule has 0 saturated carbocycles. The molecule has 0 aromatic carbocycles. The Labute approximate surface area is 786 Å². The van der Waals surface area contributed by atoms with Gasteiger partial charge in [-0.2, -0.15) is 0 Å². The Morgan fingerprint density at radius 1 is 0.398 bits per heavy atom. The van der Waals surface area contributed by atoms with Crippen LogP contribution in [0.2, 0.25) is 0 Å². The van der Waals surface area contributed by atoms with E-state index in [1.54, 1.807) is 0 Å². The van der Waals surface area contributed by atoms with E-state index in [0.717, 1.165) is 116 Å². The van der Waals surface area contributed by atoms with Crippen LogP contribution in [0.3, 0.4) is 0 Å². The monoisotopic (exact) mass is 1940 g/mol. The third kappa shape index (κ3) is 46.3. The molecule has 3 saturated heterocycles. The number of ether oxygens (including phenoxy) is 6. The van der Waals surface area contributed by atoms with Crippen molar-refractivity contribution in [2.45, 2.75) is 372 Å². The first kappa shape index (κ1) is 128. The minimum absolute atomic E-state index is 0.